The Morgan fingerprint density at radius 2 is 1.05 bits per heavy atom. The number of aromatic nitrogens is 1. The lowest BCUT2D eigenvalue weighted by atomic mass is 9.91. The van der Waals surface area contributed by atoms with Crippen molar-refractivity contribution in [1.29, 1.82) is 0 Å². The molecule has 0 aliphatic heterocycles. The van der Waals surface area contributed by atoms with E-state index in [1.54, 1.807) is 0 Å². The molecule has 0 unspecified atom stereocenters. The number of hydrogen-bond donors (Lipinski definition) is 0. The molecule has 0 spiro atoms. The summed E-state index contributed by atoms with van der Waals surface area (Å²) in [4.78, 5) is 0. The first-order valence-electron chi connectivity index (χ1n) is 14.2. The van der Waals surface area contributed by atoms with Crippen molar-refractivity contribution in [2.45, 2.75) is 0 Å². The van der Waals surface area contributed by atoms with Crippen molar-refractivity contribution in [3.63, 3.8) is 0 Å². The maximum Gasteiger partial charge on any atom is 0.0547 e. The van der Waals surface area contributed by atoms with E-state index < -0.39 is 0 Å². The molecule has 0 saturated heterocycles. The summed E-state index contributed by atoms with van der Waals surface area (Å²) < 4.78 is 2.44. The Kier molecular flexibility index (Phi) is 5.91. The van der Waals surface area contributed by atoms with Crippen LogP contribution in [0.4, 0.5) is 0 Å². The van der Waals surface area contributed by atoms with Crippen molar-refractivity contribution in [1.82, 2.24) is 4.57 Å². The Labute approximate surface area is 249 Å². The van der Waals surface area contributed by atoms with Crippen molar-refractivity contribution in [3.8, 4) is 39.1 Å². The first kappa shape index (κ1) is 24.7. The van der Waals surface area contributed by atoms with Gasteiger partial charge in [-0.05, 0) is 68.9 Å². The van der Waals surface area contributed by atoms with Crippen molar-refractivity contribution >= 4 is 44.2 Å². The number of fused-ring (bicyclic) bond motifs is 5. The summed E-state index contributed by atoms with van der Waals surface area (Å²) in [5.41, 5.74) is 10.6. The molecule has 0 atom stereocenters. The van der Waals surface area contributed by atoms with Crippen molar-refractivity contribution in [3.05, 3.63) is 163 Å². The first-order chi connectivity index (χ1) is 20.8. The highest BCUT2D eigenvalue weighted by molar-refractivity contribution is 6.30. The van der Waals surface area contributed by atoms with Gasteiger partial charge in [0.2, 0.25) is 0 Å². The third kappa shape index (κ3) is 4.02. The van der Waals surface area contributed by atoms with Gasteiger partial charge in [-0.3, -0.25) is 0 Å². The Morgan fingerprint density at radius 3 is 1.86 bits per heavy atom. The van der Waals surface area contributed by atoms with Crippen LogP contribution in [0.1, 0.15) is 0 Å². The summed E-state index contributed by atoms with van der Waals surface area (Å²) in [6.45, 7) is 0. The second-order valence-electron chi connectivity index (χ2n) is 10.7. The number of nitrogens with zero attached hydrogens (tertiary/aromatic N) is 1. The summed E-state index contributed by atoms with van der Waals surface area (Å²) >= 11 is 6.32. The van der Waals surface area contributed by atoms with E-state index in [9.17, 15) is 0 Å². The summed E-state index contributed by atoms with van der Waals surface area (Å²) in [5, 5.41) is 5.79. The third-order valence-electron chi connectivity index (χ3n) is 8.28. The third-order valence-corrected chi connectivity index (χ3v) is 8.53. The Morgan fingerprint density at radius 1 is 0.405 bits per heavy atom. The number of benzene rings is 7. The molecule has 0 aliphatic rings. The van der Waals surface area contributed by atoms with Crippen LogP contribution in [0.2, 0.25) is 5.02 Å². The van der Waals surface area contributed by atoms with Crippen LogP contribution in [0.5, 0.6) is 0 Å². The zero-order valence-electron chi connectivity index (χ0n) is 22.8. The van der Waals surface area contributed by atoms with Gasteiger partial charge in [0, 0.05) is 21.4 Å². The summed E-state index contributed by atoms with van der Waals surface area (Å²) in [6, 6.07) is 56.3. The molecule has 8 rings (SSSR count). The van der Waals surface area contributed by atoms with Crippen molar-refractivity contribution < 1.29 is 0 Å². The van der Waals surface area contributed by atoms with E-state index in [0.717, 1.165) is 16.3 Å². The van der Waals surface area contributed by atoms with E-state index in [0.29, 0.717) is 0 Å². The number of para-hydroxylation sites is 1. The zero-order chi connectivity index (χ0) is 28.0. The Balaban J connectivity index is 1.45. The summed E-state index contributed by atoms with van der Waals surface area (Å²) in [5.74, 6) is 0. The van der Waals surface area contributed by atoms with Gasteiger partial charge < -0.3 is 4.57 Å². The van der Waals surface area contributed by atoms with E-state index in [2.05, 4.69) is 150 Å². The molecule has 7 aromatic carbocycles. The smallest absolute Gasteiger partial charge is 0.0547 e. The van der Waals surface area contributed by atoms with Crippen LogP contribution in [-0.2, 0) is 0 Å². The second kappa shape index (κ2) is 10.1. The van der Waals surface area contributed by atoms with Crippen LogP contribution in [0.15, 0.2) is 158 Å². The quantitative estimate of drug-likeness (QED) is 0.203. The average molecular weight is 556 g/mol. The molecule has 1 aromatic heterocycles. The minimum atomic E-state index is 0.734. The van der Waals surface area contributed by atoms with Crippen LogP contribution < -0.4 is 0 Å². The average Bonchev–Trinajstić information content (AvgIpc) is 3.40. The van der Waals surface area contributed by atoms with E-state index in [1.165, 1.54) is 60.4 Å². The van der Waals surface area contributed by atoms with Gasteiger partial charge in [-0.15, -0.1) is 0 Å². The molecule has 2 heteroatoms. The maximum atomic E-state index is 6.32. The molecule has 42 heavy (non-hydrogen) atoms. The first-order valence-corrected chi connectivity index (χ1v) is 14.6. The molecule has 0 aliphatic carbocycles. The number of halogens is 1. The van der Waals surface area contributed by atoms with Crippen LogP contribution in [-0.4, -0.2) is 4.57 Å². The fraction of sp³-hybridized carbons (Fsp3) is 0. The molecule has 0 N–H and O–H groups in total. The van der Waals surface area contributed by atoms with Crippen LogP contribution in [0.25, 0.3) is 71.6 Å². The summed E-state index contributed by atoms with van der Waals surface area (Å²) in [6.07, 6.45) is 0. The SMILES string of the molecule is Clc1ccc(-c2cccc(-n3c4ccccc4c4c5ccccc5ccc43)c2-c2ccc(-c3ccccc3)cc2)cc1. The predicted octanol–water partition coefficient (Wildman–Crippen LogP) is 11.6. The molecule has 0 saturated carbocycles. The molecular weight excluding hydrogens is 530 g/mol. The topological polar surface area (TPSA) is 4.93 Å². The fourth-order valence-electron chi connectivity index (χ4n) is 6.36. The van der Waals surface area contributed by atoms with Gasteiger partial charge in [0.1, 0.15) is 0 Å². The fourth-order valence-corrected chi connectivity index (χ4v) is 6.48. The van der Waals surface area contributed by atoms with Gasteiger partial charge in [0.15, 0.2) is 0 Å². The minimum absolute atomic E-state index is 0.734. The van der Waals surface area contributed by atoms with Gasteiger partial charge >= 0.3 is 0 Å². The van der Waals surface area contributed by atoms with E-state index >= 15 is 0 Å². The largest absolute Gasteiger partial charge is 0.309 e. The lowest BCUT2D eigenvalue weighted by Crippen LogP contribution is -1.99. The Bertz CT molecular complexity index is 2220. The zero-order valence-corrected chi connectivity index (χ0v) is 23.6. The standard InChI is InChI=1S/C40H26ClN/c41-32-24-21-30(22-25-32)33-14-8-16-37(39(33)31-19-17-28(18-20-31)27-9-2-1-3-10-27)42-36-15-7-6-13-35(36)40-34-12-5-4-11-29(34)23-26-38(40)42/h1-26H. The summed E-state index contributed by atoms with van der Waals surface area (Å²) in [7, 11) is 0. The highest BCUT2D eigenvalue weighted by Gasteiger charge is 2.20. The molecule has 0 amide bonds. The highest BCUT2D eigenvalue weighted by atomic mass is 35.5. The van der Waals surface area contributed by atoms with E-state index in [1.807, 2.05) is 12.1 Å². The van der Waals surface area contributed by atoms with Crippen molar-refractivity contribution in [2.24, 2.45) is 0 Å². The minimum Gasteiger partial charge on any atom is -0.309 e. The molecule has 198 valence electrons. The lowest BCUT2D eigenvalue weighted by molar-refractivity contribution is 1.18. The van der Waals surface area contributed by atoms with Crippen LogP contribution in [0, 0.1) is 0 Å². The van der Waals surface area contributed by atoms with E-state index in [4.69, 9.17) is 11.6 Å². The lowest BCUT2D eigenvalue weighted by Gasteiger charge is -2.19. The van der Waals surface area contributed by atoms with E-state index in [-0.39, 0.29) is 0 Å². The molecule has 0 radical (unpaired) electrons. The highest BCUT2D eigenvalue weighted by Crippen LogP contribution is 2.43. The van der Waals surface area contributed by atoms with Gasteiger partial charge in [-0.2, -0.15) is 0 Å². The monoisotopic (exact) mass is 555 g/mol. The van der Waals surface area contributed by atoms with Gasteiger partial charge in [0.25, 0.3) is 0 Å². The number of hydrogen-bond acceptors (Lipinski definition) is 0. The number of rotatable bonds is 4. The molecule has 0 fully saturated rings. The Hall–Kier alpha value is -5.11. The van der Waals surface area contributed by atoms with Gasteiger partial charge in [-0.1, -0.05) is 139 Å². The van der Waals surface area contributed by atoms with Crippen molar-refractivity contribution in [2.75, 3.05) is 0 Å². The second-order valence-corrected chi connectivity index (χ2v) is 11.1. The normalized spacial score (nSPS) is 11.5. The molecule has 1 nitrogen and oxygen atoms in total. The molecule has 1 heterocycles. The molecule has 0 bridgehead atoms. The van der Waals surface area contributed by atoms with Crippen LogP contribution >= 0.6 is 11.6 Å². The van der Waals surface area contributed by atoms with Gasteiger partial charge in [0.05, 0.1) is 16.7 Å². The van der Waals surface area contributed by atoms with Gasteiger partial charge in [-0.25, -0.2) is 0 Å². The molecule has 8 aromatic rings. The predicted molar refractivity (Wildman–Crippen MR) is 180 cm³/mol. The molecular formula is C40H26ClN. The maximum absolute atomic E-state index is 6.32. The van der Waals surface area contributed by atoms with Crippen LogP contribution in [0.3, 0.4) is 0 Å².